The Bertz CT molecular complexity index is 1050. The summed E-state index contributed by atoms with van der Waals surface area (Å²) in [6, 6.07) is 6.29. The second kappa shape index (κ2) is 9.91. The van der Waals surface area contributed by atoms with Gasteiger partial charge in [0.05, 0.1) is 11.6 Å². The van der Waals surface area contributed by atoms with Crippen molar-refractivity contribution in [3.05, 3.63) is 35.0 Å². The fourth-order valence-corrected chi connectivity index (χ4v) is 4.04. The van der Waals surface area contributed by atoms with Crippen LogP contribution in [0.4, 0.5) is 4.79 Å². The molecule has 0 aliphatic heterocycles. The zero-order chi connectivity index (χ0) is 24.3. The number of hydrazine groups is 1. The van der Waals surface area contributed by atoms with Gasteiger partial charge in [0.25, 0.3) is 5.91 Å². The molecule has 0 bridgehead atoms. The van der Waals surface area contributed by atoms with Crippen molar-refractivity contribution in [2.24, 2.45) is 5.92 Å². The van der Waals surface area contributed by atoms with E-state index in [0.29, 0.717) is 28.8 Å². The van der Waals surface area contributed by atoms with E-state index in [4.69, 9.17) is 16.3 Å². The van der Waals surface area contributed by atoms with Gasteiger partial charge in [0.15, 0.2) is 5.69 Å². The second-order valence-electron chi connectivity index (χ2n) is 9.47. The van der Waals surface area contributed by atoms with Crippen molar-refractivity contribution < 1.29 is 19.1 Å². The maximum atomic E-state index is 13.0. The van der Waals surface area contributed by atoms with Gasteiger partial charge in [-0.1, -0.05) is 24.1 Å². The van der Waals surface area contributed by atoms with E-state index in [1.54, 1.807) is 64.0 Å². The molecule has 1 aliphatic rings. The van der Waals surface area contributed by atoms with Crippen LogP contribution in [0.15, 0.2) is 24.3 Å². The van der Waals surface area contributed by atoms with E-state index >= 15 is 0 Å². The van der Waals surface area contributed by atoms with Crippen molar-refractivity contribution in [1.29, 1.82) is 0 Å². The van der Waals surface area contributed by atoms with Crippen LogP contribution in [-0.4, -0.2) is 63.8 Å². The number of benzene rings is 1. The van der Waals surface area contributed by atoms with Gasteiger partial charge in [0.2, 0.25) is 5.91 Å². The van der Waals surface area contributed by atoms with Crippen molar-refractivity contribution >= 4 is 40.4 Å². The van der Waals surface area contributed by atoms with Crippen LogP contribution in [0, 0.1) is 5.92 Å². The molecule has 1 fully saturated rings. The van der Waals surface area contributed by atoms with E-state index in [1.807, 2.05) is 0 Å². The van der Waals surface area contributed by atoms with E-state index in [1.165, 1.54) is 5.01 Å². The van der Waals surface area contributed by atoms with Gasteiger partial charge in [-0.3, -0.25) is 15.0 Å². The fourth-order valence-electron chi connectivity index (χ4n) is 3.87. The molecule has 9 nitrogen and oxygen atoms in total. The highest BCUT2D eigenvalue weighted by Crippen LogP contribution is 2.29. The first-order chi connectivity index (χ1) is 15.4. The molecule has 0 radical (unpaired) electrons. The first-order valence-corrected chi connectivity index (χ1v) is 11.3. The zero-order valence-electron chi connectivity index (χ0n) is 19.6. The number of fused-ring (bicyclic) bond motifs is 1. The number of amides is 3. The molecule has 1 aromatic carbocycles. The summed E-state index contributed by atoms with van der Waals surface area (Å²) in [4.78, 5) is 40.2. The Morgan fingerprint density at radius 3 is 2.52 bits per heavy atom. The number of nitrogens with one attached hydrogen (secondary N) is 1. The van der Waals surface area contributed by atoms with Crippen LogP contribution in [0.3, 0.4) is 0 Å². The molecular formula is C23H30ClN5O4. The highest BCUT2D eigenvalue weighted by atomic mass is 35.5. The van der Waals surface area contributed by atoms with Crippen molar-refractivity contribution in [3.8, 4) is 0 Å². The highest BCUT2D eigenvalue weighted by Gasteiger charge is 2.36. The van der Waals surface area contributed by atoms with Gasteiger partial charge in [-0.25, -0.2) is 9.80 Å². The minimum Gasteiger partial charge on any atom is -0.442 e. The molecule has 10 heteroatoms. The van der Waals surface area contributed by atoms with Crippen molar-refractivity contribution in [1.82, 2.24) is 25.5 Å². The quantitative estimate of drug-likeness (QED) is 0.677. The fraction of sp³-hybridized carbons (Fsp3) is 0.522. The Balaban J connectivity index is 1.84. The summed E-state index contributed by atoms with van der Waals surface area (Å²) in [5.41, 5.74) is 2.51. The van der Waals surface area contributed by atoms with E-state index in [0.717, 1.165) is 12.8 Å². The number of halogens is 1. The van der Waals surface area contributed by atoms with Crippen LogP contribution < -0.4 is 5.43 Å². The summed E-state index contributed by atoms with van der Waals surface area (Å²) in [7, 11) is 3.43. The van der Waals surface area contributed by atoms with Crippen molar-refractivity contribution in [2.75, 3.05) is 14.1 Å². The predicted molar refractivity (Wildman–Crippen MR) is 125 cm³/mol. The number of carbonyl (C=O) groups is 3. The monoisotopic (exact) mass is 475 g/mol. The molecule has 2 atom stereocenters. The van der Waals surface area contributed by atoms with E-state index in [-0.39, 0.29) is 17.5 Å². The SMILES string of the molecule is CN(C)C(=O)[C@H]1CCCC(N(NC(=O)c2cc3ccc(Cl)cc3nn2)C(=O)OC(C)(C)C)C1. The van der Waals surface area contributed by atoms with Gasteiger partial charge in [-0.15, -0.1) is 10.2 Å². The molecule has 1 saturated carbocycles. The predicted octanol–water partition coefficient (Wildman–Crippen LogP) is 3.81. The van der Waals surface area contributed by atoms with Gasteiger partial charge >= 0.3 is 6.09 Å². The first-order valence-electron chi connectivity index (χ1n) is 10.9. The number of carbonyl (C=O) groups excluding carboxylic acids is 3. The minimum absolute atomic E-state index is 0.00854. The highest BCUT2D eigenvalue weighted by molar-refractivity contribution is 6.31. The molecule has 2 aromatic rings. The largest absolute Gasteiger partial charge is 0.442 e. The number of aromatic nitrogens is 2. The average molecular weight is 476 g/mol. The Morgan fingerprint density at radius 2 is 1.85 bits per heavy atom. The zero-order valence-corrected chi connectivity index (χ0v) is 20.3. The summed E-state index contributed by atoms with van der Waals surface area (Å²) >= 11 is 5.98. The van der Waals surface area contributed by atoms with Gasteiger partial charge in [0, 0.05) is 30.4 Å². The third-order valence-electron chi connectivity index (χ3n) is 5.40. The van der Waals surface area contributed by atoms with E-state index in [9.17, 15) is 14.4 Å². The maximum Gasteiger partial charge on any atom is 0.429 e. The van der Waals surface area contributed by atoms with E-state index < -0.39 is 23.6 Å². The second-order valence-corrected chi connectivity index (χ2v) is 9.91. The van der Waals surface area contributed by atoms with Crippen LogP contribution in [0.1, 0.15) is 56.9 Å². The molecule has 1 aliphatic carbocycles. The summed E-state index contributed by atoms with van der Waals surface area (Å²) in [6.07, 6.45) is 1.87. The molecule has 0 spiro atoms. The number of nitrogens with zero attached hydrogens (tertiary/aromatic N) is 4. The van der Waals surface area contributed by atoms with Crippen LogP contribution >= 0.6 is 11.6 Å². The van der Waals surface area contributed by atoms with Crippen molar-refractivity contribution in [3.63, 3.8) is 0 Å². The molecule has 1 heterocycles. The van der Waals surface area contributed by atoms with Gasteiger partial charge in [-0.2, -0.15) is 0 Å². The van der Waals surface area contributed by atoms with Gasteiger partial charge < -0.3 is 9.64 Å². The Hall–Kier alpha value is -2.94. The Morgan fingerprint density at radius 1 is 1.12 bits per heavy atom. The first kappa shape index (κ1) is 24.7. The smallest absolute Gasteiger partial charge is 0.429 e. The van der Waals surface area contributed by atoms with Crippen LogP contribution in [-0.2, 0) is 9.53 Å². The number of hydrogen-bond acceptors (Lipinski definition) is 6. The minimum atomic E-state index is -0.754. The van der Waals surface area contributed by atoms with Crippen LogP contribution in [0.5, 0.6) is 0 Å². The average Bonchev–Trinajstić information content (AvgIpc) is 2.75. The third kappa shape index (κ3) is 6.31. The third-order valence-corrected chi connectivity index (χ3v) is 5.63. The standard InChI is InChI=1S/C23H30ClN5O4/c1-23(2,3)33-22(32)29(17-8-6-7-15(11-17)21(31)28(4)5)27-20(30)19-12-14-9-10-16(24)13-18(14)25-26-19/h9-10,12-13,15,17H,6-8,11H2,1-5H3,(H,27,30)/t15-,17?/m0/s1. The molecule has 0 saturated heterocycles. The van der Waals surface area contributed by atoms with Gasteiger partial charge in [0.1, 0.15) is 5.60 Å². The van der Waals surface area contributed by atoms with Gasteiger partial charge in [-0.05, 0) is 58.2 Å². The summed E-state index contributed by atoms with van der Waals surface area (Å²) in [5.74, 6) is -0.814. The molecule has 1 N–H and O–H groups in total. The molecule has 3 rings (SSSR count). The molecule has 1 unspecified atom stereocenters. The van der Waals surface area contributed by atoms with Crippen LogP contribution in [0.25, 0.3) is 10.9 Å². The van der Waals surface area contributed by atoms with Crippen LogP contribution in [0.2, 0.25) is 5.02 Å². The molecular weight excluding hydrogens is 446 g/mol. The maximum absolute atomic E-state index is 13.0. The molecule has 33 heavy (non-hydrogen) atoms. The van der Waals surface area contributed by atoms with E-state index in [2.05, 4.69) is 15.6 Å². The summed E-state index contributed by atoms with van der Waals surface area (Å²) in [6.45, 7) is 5.26. The summed E-state index contributed by atoms with van der Waals surface area (Å²) in [5, 5.41) is 10.5. The lowest BCUT2D eigenvalue weighted by Gasteiger charge is -2.37. The Labute approximate surface area is 198 Å². The Kier molecular flexibility index (Phi) is 7.41. The summed E-state index contributed by atoms with van der Waals surface area (Å²) < 4.78 is 5.54. The lowest BCUT2D eigenvalue weighted by atomic mass is 9.84. The van der Waals surface area contributed by atoms with Crippen molar-refractivity contribution in [2.45, 2.75) is 58.1 Å². The topological polar surface area (TPSA) is 105 Å². The molecule has 3 amide bonds. The number of ether oxygens (including phenoxy) is 1. The number of rotatable bonds is 3. The molecule has 1 aromatic heterocycles. The molecule has 178 valence electrons. The number of hydrogen-bond donors (Lipinski definition) is 1. The lowest BCUT2D eigenvalue weighted by molar-refractivity contribution is -0.134. The lowest BCUT2D eigenvalue weighted by Crippen LogP contribution is -2.55. The normalized spacial score (nSPS) is 18.5.